The molecule has 0 saturated heterocycles. The molecule has 0 aliphatic rings. The molecular formula is C28H29N3. The topological polar surface area (TPSA) is 38.7 Å². The summed E-state index contributed by atoms with van der Waals surface area (Å²) in [5.74, 6) is 0.817. The Morgan fingerprint density at radius 3 is 1.87 bits per heavy atom. The summed E-state index contributed by atoms with van der Waals surface area (Å²) in [4.78, 5) is 14.7. The van der Waals surface area contributed by atoms with Gasteiger partial charge in [0, 0.05) is 29.4 Å². The van der Waals surface area contributed by atoms with Gasteiger partial charge in [0.2, 0.25) is 0 Å². The van der Waals surface area contributed by atoms with E-state index in [1.807, 2.05) is 18.3 Å². The van der Waals surface area contributed by atoms with Crippen LogP contribution in [0.25, 0.3) is 11.4 Å². The van der Waals surface area contributed by atoms with Crippen molar-refractivity contribution in [3.8, 4) is 11.4 Å². The molecule has 3 heterocycles. The molecule has 0 amide bonds. The molecule has 4 rings (SSSR count). The Bertz CT molecular complexity index is 1110. The van der Waals surface area contributed by atoms with E-state index >= 15 is 0 Å². The maximum absolute atomic E-state index is 5.04. The van der Waals surface area contributed by atoms with Crippen molar-refractivity contribution in [3.63, 3.8) is 0 Å². The van der Waals surface area contributed by atoms with Crippen molar-refractivity contribution in [2.75, 3.05) is 0 Å². The summed E-state index contributed by atoms with van der Waals surface area (Å²) in [6.07, 6.45) is 2.86. The van der Waals surface area contributed by atoms with Gasteiger partial charge in [-0.15, -0.1) is 0 Å². The Morgan fingerprint density at radius 1 is 0.645 bits per heavy atom. The van der Waals surface area contributed by atoms with Gasteiger partial charge < -0.3 is 0 Å². The third-order valence-electron chi connectivity index (χ3n) is 5.76. The Morgan fingerprint density at radius 2 is 1.26 bits per heavy atom. The zero-order chi connectivity index (χ0) is 21.6. The van der Waals surface area contributed by atoms with Crippen molar-refractivity contribution in [1.29, 1.82) is 0 Å². The number of benzene rings is 1. The zero-order valence-corrected chi connectivity index (χ0v) is 18.4. The fourth-order valence-electron chi connectivity index (χ4n) is 4.25. The maximum atomic E-state index is 5.04. The predicted octanol–water partition coefficient (Wildman–Crippen LogP) is 6.87. The van der Waals surface area contributed by atoms with Crippen molar-refractivity contribution in [1.82, 2.24) is 15.0 Å². The molecule has 3 aromatic heterocycles. The standard InChI is InChI=1S/C28H29N3/c1-4-22(21-12-6-5-7-13-21)23-15-10-16-24(30-23)25-17-11-18-27(31-25)28(20(2)3)26-14-8-9-19-29-26/h5-20,22,28H,4H2,1-3H3. The van der Waals surface area contributed by atoms with E-state index in [1.54, 1.807) is 0 Å². The molecule has 0 N–H and O–H groups in total. The molecule has 2 unspecified atom stereocenters. The van der Waals surface area contributed by atoms with Gasteiger partial charge in [-0.25, -0.2) is 0 Å². The summed E-state index contributed by atoms with van der Waals surface area (Å²) in [6.45, 7) is 6.65. The van der Waals surface area contributed by atoms with E-state index in [0.29, 0.717) is 5.92 Å². The monoisotopic (exact) mass is 407 g/mol. The van der Waals surface area contributed by atoms with Gasteiger partial charge in [-0.05, 0) is 54.3 Å². The van der Waals surface area contributed by atoms with Crippen molar-refractivity contribution < 1.29 is 0 Å². The third-order valence-corrected chi connectivity index (χ3v) is 5.76. The quantitative estimate of drug-likeness (QED) is 0.335. The van der Waals surface area contributed by atoms with E-state index in [-0.39, 0.29) is 11.8 Å². The molecule has 2 atom stereocenters. The number of aromatic nitrogens is 3. The summed E-state index contributed by atoms with van der Waals surface area (Å²) in [5, 5.41) is 0. The number of hydrogen-bond donors (Lipinski definition) is 0. The van der Waals surface area contributed by atoms with Gasteiger partial charge in [-0.3, -0.25) is 15.0 Å². The first-order valence-corrected chi connectivity index (χ1v) is 11.1. The van der Waals surface area contributed by atoms with Crippen LogP contribution in [0.5, 0.6) is 0 Å². The molecule has 4 aromatic rings. The SMILES string of the molecule is CCC(c1ccccc1)c1cccc(-c2cccc(C(c3ccccn3)C(C)C)n2)n1. The highest BCUT2D eigenvalue weighted by Crippen LogP contribution is 2.31. The van der Waals surface area contributed by atoms with Crippen LogP contribution in [0.2, 0.25) is 0 Å². The molecule has 3 heteroatoms. The normalized spacial score (nSPS) is 13.2. The van der Waals surface area contributed by atoms with E-state index in [9.17, 15) is 0 Å². The Labute approximate surface area is 185 Å². The highest BCUT2D eigenvalue weighted by atomic mass is 14.8. The van der Waals surface area contributed by atoms with E-state index in [0.717, 1.165) is 34.9 Å². The molecule has 3 nitrogen and oxygen atoms in total. The summed E-state index contributed by atoms with van der Waals surface area (Å²) in [7, 11) is 0. The summed E-state index contributed by atoms with van der Waals surface area (Å²) >= 11 is 0. The van der Waals surface area contributed by atoms with Crippen LogP contribution in [0.3, 0.4) is 0 Å². The van der Waals surface area contributed by atoms with E-state index < -0.39 is 0 Å². The minimum atomic E-state index is 0.150. The highest BCUT2D eigenvalue weighted by molar-refractivity contribution is 5.55. The smallest absolute Gasteiger partial charge is 0.0889 e. The second-order valence-electron chi connectivity index (χ2n) is 8.24. The molecule has 31 heavy (non-hydrogen) atoms. The molecule has 1 aromatic carbocycles. The number of hydrogen-bond acceptors (Lipinski definition) is 3. The zero-order valence-electron chi connectivity index (χ0n) is 18.4. The van der Waals surface area contributed by atoms with E-state index in [1.165, 1.54) is 5.56 Å². The largest absolute Gasteiger partial charge is 0.261 e. The minimum absolute atomic E-state index is 0.150. The lowest BCUT2D eigenvalue weighted by Gasteiger charge is -2.20. The van der Waals surface area contributed by atoms with Gasteiger partial charge in [0.1, 0.15) is 0 Å². The fourth-order valence-corrected chi connectivity index (χ4v) is 4.25. The third kappa shape index (κ3) is 4.72. The van der Waals surface area contributed by atoms with Gasteiger partial charge in [0.25, 0.3) is 0 Å². The molecule has 0 spiro atoms. The van der Waals surface area contributed by atoms with E-state index in [2.05, 4.69) is 98.6 Å². The van der Waals surface area contributed by atoms with Gasteiger partial charge in [0.15, 0.2) is 0 Å². The second-order valence-corrected chi connectivity index (χ2v) is 8.24. The van der Waals surface area contributed by atoms with Crippen molar-refractivity contribution in [2.24, 2.45) is 5.92 Å². The van der Waals surface area contributed by atoms with Crippen LogP contribution in [0.1, 0.15) is 61.7 Å². The minimum Gasteiger partial charge on any atom is -0.261 e. The molecule has 156 valence electrons. The van der Waals surface area contributed by atoms with Crippen LogP contribution in [0.4, 0.5) is 0 Å². The first-order chi connectivity index (χ1) is 15.2. The first-order valence-electron chi connectivity index (χ1n) is 11.1. The molecular weight excluding hydrogens is 378 g/mol. The second kappa shape index (κ2) is 9.65. The van der Waals surface area contributed by atoms with E-state index in [4.69, 9.17) is 9.97 Å². The lowest BCUT2D eigenvalue weighted by Crippen LogP contribution is -2.12. The van der Waals surface area contributed by atoms with Crippen LogP contribution < -0.4 is 0 Å². The summed E-state index contributed by atoms with van der Waals surface area (Å²) in [5.41, 5.74) is 6.29. The molecule has 0 aliphatic carbocycles. The number of rotatable bonds is 7. The van der Waals surface area contributed by atoms with Crippen LogP contribution >= 0.6 is 0 Å². The number of pyridine rings is 3. The van der Waals surface area contributed by atoms with Gasteiger partial charge in [-0.2, -0.15) is 0 Å². The van der Waals surface area contributed by atoms with Crippen LogP contribution in [0, 0.1) is 5.92 Å². The van der Waals surface area contributed by atoms with Gasteiger partial charge in [0.05, 0.1) is 17.1 Å². The average Bonchev–Trinajstić information content (AvgIpc) is 2.81. The van der Waals surface area contributed by atoms with Crippen molar-refractivity contribution >= 4 is 0 Å². The van der Waals surface area contributed by atoms with Crippen molar-refractivity contribution in [2.45, 2.75) is 39.0 Å². The first kappa shape index (κ1) is 20.9. The molecule has 0 aliphatic heterocycles. The summed E-state index contributed by atoms with van der Waals surface area (Å²) in [6, 6.07) is 29.2. The maximum Gasteiger partial charge on any atom is 0.0889 e. The molecule has 0 fully saturated rings. The summed E-state index contributed by atoms with van der Waals surface area (Å²) < 4.78 is 0. The number of nitrogens with zero attached hydrogens (tertiary/aromatic N) is 3. The van der Waals surface area contributed by atoms with Crippen LogP contribution in [-0.2, 0) is 0 Å². The molecule has 0 saturated carbocycles. The molecule has 0 radical (unpaired) electrons. The Hall–Kier alpha value is -3.33. The van der Waals surface area contributed by atoms with Crippen molar-refractivity contribution in [3.05, 3.63) is 114 Å². The predicted molar refractivity (Wildman–Crippen MR) is 127 cm³/mol. The van der Waals surface area contributed by atoms with Crippen LogP contribution in [0.15, 0.2) is 91.1 Å². The van der Waals surface area contributed by atoms with Gasteiger partial charge in [-0.1, -0.05) is 69.3 Å². The Kier molecular flexibility index (Phi) is 6.51. The fraction of sp³-hybridized carbons (Fsp3) is 0.250. The lowest BCUT2D eigenvalue weighted by molar-refractivity contribution is 0.541. The lowest BCUT2D eigenvalue weighted by atomic mass is 9.88. The average molecular weight is 408 g/mol. The highest BCUT2D eigenvalue weighted by Gasteiger charge is 2.21. The molecule has 0 bridgehead atoms. The Balaban J connectivity index is 1.71. The van der Waals surface area contributed by atoms with Gasteiger partial charge >= 0.3 is 0 Å². The van der Waals surface area contributed by atoms with Crippen LogP contribution in [-0.4, -0.2) is 15.0 Å².